The van der Waals surface area contributed by atoms with Gasteiger partial charge >= 0.3 is 5.97 Å². The molecule has 0 radical (unpaired) electrons. The molecule has 0 amide bonds. The quantitative estimate of drug-likeness (QED) is 0.638. The molecule has 0 aromatic heterocycles. The van der Waals surface area contributed by atoms with Crippen LogP contribution in [0.2, 0.25) is 0 Å². The molecule has 20 heavy (non-hydrogen) atoms. The monoisotopic (exact) mass is 278 g/mol. The summed E-state index contributed by atoms with van der Waals surface area (Å²) in [6.07, 6.45) is 6.87. The number of esters is 1. The van der Waals surface area contributed by atoms with Crippen LogP contribution < -0.4 is 0 Å². The topological polar surface area (TPSA) is 46.5 Å². The molecule has 0 saturated heterocycles. The second-order valence-electron chi connectivity index (χ2n) is 7.45. The zero-order valence-corrected chi connectivity index (χ0v) is 12.8. The van der Waals surface area contributed by atoms with Crippen molar-refractivity contribution in [2.75, 3.05) is 13.2 Å². The number of hydrogen-bond donors (Lipinski definition) is 1. The number of fused-ring (bicyclic) bond motifs is 1. The Hall–Kier alpha value is -0.830. The predicted molar refractivity (Wildman–Crippen MR) is 77.0 cm³/mol. The van der Waals surface area contributed by atoms with Crippen molar-refractivity contribution in [3.05, 3.63) is 11.6 Å². The first-order valence-corrected chi connectivity index (χ1v) is 7.85. The maximum absolute atomic E-state index is 11.2. The molecule has 2 saturated carbocycles. The molecular formula is C17H26O3. The number of carbonyl (C=O) groups is 1. The van der Waals surface area contributed by atoms with Gasteiger partial charge in [0.05, 0.1) is 13.2 Å². The maximum Gasteiger partial charge on any atom is 0.302 e. The van der Waals surface area contributed by atoms with E-state index < -0.39 is 0 Å². The van der Waals surface area contributed by atoms with Crippen molar-refractivity contribution in [3.63, 3.8) is 0 Å². The van der Waals surface area contributed by atoms with Crippen LogP contribution >= 0.6 is 0 Å². The van der Waals surface area contributed by atoms with Crippen LogP contribution in [0.1, 0.15) is 46.5 Å². The lowest BCUT2D eigenvalue weighted by molar-refractivity contribution is -0.181. The molecule has 0 aromatic carbocycles. The van der Waals surface area contributed by atoms with Gasteiger partial charge in [0.1, 0.15) is 0 Å². The number of allylic oxidation sites excluding steroid dienone is 2. The molecule has 1 N–H and O–H groups in total. The van der Waals surface area contributed by atoms with Gasteiger partial charge in [0.15, 0.2) is 0 Å². The Bertz CT molecular complexity index is 455. The molecule has 3 aliphatic rings. The summed E-state index contributed by atoms with van der Waals surface area (Å²) in [5.74, 6) is 1.48. The number of rotatable bonds is 3. The highest BCUT2D eigenvalue weighted by Crippen LogP contribution is 2.72. The van der Waals surface area contributed by atoms with Crippen molar-refractivity contribution in [2.24, 2.45) is 28.6 Å². The second-order valence-corrected chi connectivity index (χ2v) is 7.45. The SMILES string of the molecule is CC(=O)OC[C@]1(CO)CCC[C@@]2(C)[C@@H]3CC=C(C)[C@H]2[C@@H]31. The van der Waals surface area contributed by atoms with Crippen LogP contribution in [0.5, 0.6) is 0 Å². The smallest absolute Gasteiger partial charge is 0.302 e. The van der Waals surface area contributed by atoms with Gasteiger partial charge in [-0.25, -0.2) is 0 Å². The summed E-state index contributed by atoms with van der Waals surface area (Å²) in [6.45, 7) is 6.65. The van der Waals surface area contributed by atoms with Crippen LogP contribution in [-0.2, 0) is 9.53 Å². The zero-order valence-electron chi connectivity index (χ0n) is 12.8. The van der Waals surface area contributed by atoms with Gasteiger partial charge in [-0.15, -0.1) is 0 Å². The highest BCUT2D eigenvalue weighted by atomic mass is 16.5. The van der Waals surface area contributed by atoms with E-state index in [1.807, 2.05) is 0 Å². The van der Waals surface area contributed by atoms with E-state index >= 15 is 0 Å². The van der Waals surface area contributed by atoms with Crippen LogP contribution in [0.3, 0.4) is 0 Å². The molecule has 0 heterocycles. The largest absolute Gasteiger partial charge is 0.465 e. The minimum Gasteiger partial charge on any atom is -0.465 e. The molecule has 3 nitrogen and oxygen atoms in total. The normalized spacial score (nSPS) is 46.0. The first kappa shape index (κ1) is 14.1. The molecule has 4 bridgehead atoms. The van der Waals surface area contributed by atoms with E-state index in [1.165, 1.54) is 18.9 Å². The van der Waals surface area contributed by atoms with E-state index in [9.17, 15) is 9.90 Å². The number of aliphatic hydroxyl groups is 1. The van der Waals surface area contributed by atoms with Gasteiger partial charge in [0.2, 0.25) is 0 Å². The van der Waals surface area contributed by atoms with Crippen molar-refractivity contribution in [3.8, 4) is 0 Å². The molecule has 0 aliphatic heterocycles. The summed E-state index contributed by atoms with van der Waals surface area (Å²) < 4.78 is 5.34. The van der Waals surface area contributed by atoms with Gasteiger partial charge < -0.3 is 9.84 Å². The van der Waals surface area contributed by atoms with Crippen molar-refractivity contribution in [2.45, 2.75) is 46.5 Å². The molecule has 0 unspecified atom stereocenters. The lowest BCUT2D eigenvalue weighted by Gasteiger charge is -2.66. The minimum atomic E-state index is -0.235. The standard InChI is InChI=1S/C17H26O3/c1-11-5-6-13-15-14(11)16(13,3)7-4-8-17(15,9-18)10-20-12(2)19/h5,13-15,18H,4,6-10H2,1-3H3/t13-,14+,15-,16+,17-/m1/s1. The number of hydrogen-bond acceptors (Lipinski definition) is 3. The van der Waals surface area contributed by atoms with Crippen LogP contribution in [0.4, 0.5) is 0 Å². The highest BCUT2D eigenvalue weighted by Gasteiger charge is 2.67. The van der Waals surface area contributed by atoms with Crippen LogP contribution in [0, 0.1) is 28.6 Å². The Labute approximate surface area is 121 Å². The molecule has 5 atom stereocenters. The third-order valence-electron chi connectivity index (χ3n) is 6.51. The van der Waals surface area contributed by atoms with E-state index in [0.29, 0.717) is 29.8 Å². The third-order valence-corrected chi connectivity index (χ3v) is 6.51. The fraction of sp³-hybridized carbons (Fsp3) is 0.824. The van der Waals surface area contributed by atoms with Crippen LogP contribution in [-0.4, -0.2) is 24.3 Å². The maximum atomic E-state index is 11.2. The van der Waals surface area contributed by atoms with Gasteiger partial charge in [-0.2, -0.15) is 0 Å². The van der Waals surface area contributed by atoms with Crippen molar-refractivity contribution < 1.29 is 14.6 Å². The fourth-order valence-electron chi connectivity index (χ4n) is 5.58. The number of carbonyl (C=O) groups excluding carboxylic acids is 1. The van der Waals surface area contributed by atoms with Crippen molar-refractivity contribution in [1.29, 1.82) is 0 Å². The first-order chi connectivity index (χ1) is 9.44. The fourth-order valence-corrected chi connectivity index (χ4v) is 5.58. The lowest BCUT2D eigenvalue weighted by atomic mass is 9.38. The lowest BCUT2D eigenvalue weighted by Crippen LogP contribution is -2.63. The van der Waals surface area contributed by atoms with Crippen molar-refractivity contribution >= 4 is 5.97 Å². The molecule has 0 aromatic rings. The average Bonchev–Trinajstić information content (AvgIpc) is 2.62. The average molecular weight is 278 g/mol. The molecule has 3 heteroatoms. The molecule has 2 fully saturated rings. The molecule has 112 valence electrons. The summed E-state index contributed by atoms with van der Waals surface area (Å²) in [6, 6.07) is 0. The molecule has 3 rings (SSSR count). The van der Waals surface area contributed by atoms with Gasteiger partial charge in [-0.3, -0.25) is 4.79 Å². The van der Waals surface area contributed by atoms with E-state index in [1.54, 1.807) is 0 Å². The van der Waals surface area contributed by atoms with E-state index in [0.717, 1.165) is 19.3 Å². The Morgan fingerprint density at radius 3 is 2.85 bits per heavy atom. The molecule has 3 aliphatic carbocycles. The Morgan fingerprint density at radius 2 is 2.25 bits per heavy atom. The number of ether oxygens (including phenoxy) is 1. The van der Waals surface area contributed by atoms with Gasteiger partial charge in [0, 0.05) is 12.3 Å². The first-order valence-electron chi connectivity index (χ1n) is 7.85. The van der Waals surface area contributed by atoms with Crippen LogP contribution in [0.25, 0.3) is 0 Å². The van der Waals surface area contributed by atoms with Gasteiger partial charge in [-0.1, -0.05) is 25.0 Å². The van der Waals surface area contributed by atoms with E-state index in [-0.39, 0.29) is 18.0 Å². The third kappa shape index (κ3) is 1.71. The molecular weight excluding hydrogens is 252 g/mol. The van der Waals surface area contributed by atoms with E-state index in [4.69, 9.17) is 4.74 Å². The highest BCUT2D eigenvalue weighted by molar-refractivity contribution is 5.65. The van der Waals surface area contributed by atoms with Gasteiger partial charge in [-0.05, 0) is 49.4 Å². The zero-order chi connectivity index (χ0) is 14.5. The van der Waals surface area contributed by atoms with E-state index in [2.05, 4.69) is 19.9 Å². The summed E-state index contributed by atoms with van der Waals surface area (Å²) >= 11 is 0. The summed E-state index contributed by atoms with van der Waals surface area (Å²) in [5, 5.41) is 10.1. The second kappa shape index (κ2) is 4.59. The minimum absolute atomic E-state index is 0.140. The Balaban J connectivity index is 1.93. The Morgan fingerprint density at radius 1 is 1.50 bits per heavy atom. The van der Waals surface area contributed by atoms with Gasteiger partial charge in [0.25, 0.3) is 0 Å². The number of aliphatic hydroxyl groups excluding tert-OH is 1. The molecule has 0 spiro atoms. The predicted octanol–water partition coefficient (Wildman–Crippen LogP) is 2.93. The van der Waals surface area contributed by atoms with Crippen molar-refractivity contribution in [1.82, 2.24) is 0 Å². The van der Waals surface area contributed by atoms with Crippen LogP contribution in [0.15, 0.2) is 11.6 Å². The summed E-state index contributed by atoms with van der Waals surface area (Å²) in [7, 11) is 0. The summed E-state index contributed by atoms with van der Waals surface area (Å²) in [5.41, 5.74) is 1.69. The Kier molecular flexibility index (Phi) is 3.24. The summed E-state index contributed by atoms with van der Waals surface area (Å²) in [4.78, 5) is 11.2.